The number of nitrogen functional groups attached to an aromatic ring is 1. The SMILES string of the molecule is CN1C[C@@]2(CCCN(C(=O)c3cnc(N)nc3-c3ccccc3)C2)CCC1=O. The summed E-state index contributed by atoms with van der Waals surface area (Å²) in [5.74, 6) is 0.266. The molecule has 1 spiro atoms. The number of anilines is 1. The maximum atomic E-state index is 13.4. The topological polar surface area (TPSA) is 92.4 Å². The number of nitrogens with two attached hydrogens (primary N) is 1. The van der Waals surface area contributed by atoms with Crippen LogP contribution in [0, 0.1) is 5.41 Å². The number of carbonyl (C=O) groups excluding carboxylic acids is 2. The first-order valence-corrected chi connectivity index (χ1v) is 9.69. The van der Waals surface area contributed by atoms with Crippen LogP contribution >= 0.6 is 0 Å². The second-order valence-electron chi connectivity index (χ2n) is 7.94. The summed E-state index contributed by atoms with van der Waals surface area (Å²) in [5, 5.41) is 0. The van der Waals surface area contributed by atoms with Crippen molar-refractivity contribution in [1.82, 2.24) is 19.8 Å². The standard InChI is InChI=1S/C21H25N5O2/c1-25-13-21(10-8-17(25)27)9-5-11-26(14-21)19(28)16-12-23-20(22)24-18(16)15-6-3-2-4-7-15/h2-4,6-7,12H,5,8-11,13-14H2,1H3,(H2,22,23,24)/t21-/m1/s1. The molecule has 28 heavy (non-hydrogen) atoms. The van der Waals surface area contributed by atoms with Crippen molar-refractivity contribution in [2.75, 3.05) is 32.4 Å². The minimum atomic E-state index is -0.0718. The first-order chi connectivity index (χ1) is 13.5. The molecular weight excluding hydrogens is 354 g/mol. The first-order valence-electron chi connectivity index (χ1n) is 9.69. The second-order valence-corrected chi connectivity index (χ2v) is 7.94. The zero-order chi connectivity index (χ0) is 19.7. The van der Waals surface area contributed by atoms with Gasteiger partial charge >= 0.3 is 0 Å². The number of likely N-dealkylation sites (tertiary alicyclic amines) is 2. The molecule has 2 aliphatic heterocycles. The van der Waals surface area contributed by atoms with Crippen LogP contribution in [0.5, 0.6) is 0 Å². The van der Waals surface area contributed by atoms with E-state index >= 15 is 0 Å². The van der Waals surface area contributed by atoms with E-state index in [0.717, 1.165) is 24.8 Å². The largest absolute Gasteiger partial charge is 0.368 e. The van der Waals surface area contributed by atoms with Crippen molar-refractivity contribution in [3.63, 3.8) is 0 Å². The predicted octanol–water partition coefficient (Wildman–Crippen LogP) is 2.20. The first kappa shape index (κ1) is 18.4. The zero-order valence-corrected chi connectivity index (χ0v) is 16.1. The van der Waals surface area contributed by atoms with Crippen LogP contribution in [0.1, 0.15) is 36.0 Å². The molecular formula is C21H25N5O2. The molecule has 7 heteroatoms. The lowest BCUT2D eigenvalue weighted by atomic mass is 9.73. The van der Waals surface area contributed by atoms with Gasteiger partial charge in [-0.15, -0.1) is 0 Å². The van der Waals surface area contributed by atoms with E-state index < -0.39 is 0 Å². The van der Waals surface area contributed by atoms with Gasteiger partial charge in [0.25, 0.3) is 5.91 Å². The van der Waals surface area contributed by atoms with E-state index in [9.17, 15) is 9.59 Å². The van der Waals surface area contributed by atoms with Gasteiger partial charge in [0.2, 0.25) is 11.9 Å². The Morgan fingerprint density at radius 1 is 1.18 bits per heavy atom. The van der Waals surface area contributed by atoms with Crippen molar-refractivity contribution < 1.29 is 9.59 Å². The Bertz CT molecular complexity index is 901. The summed E-state index contributed by atoms with van der Waals surface area (Å²) >= 11 is 0. The third kappa shape index (κ3) is 3.44. The fourth-order valence-corrected chi connectivity index (χ4v) is 4.49. The van der Waals surface area contributed by atoms with Crippen molar-refractivity contribution in [3.8, 4) is 11.3 Å². The van der Waals surface area contributed by atoms with Crippen LogP contribution in [0.2, 0.25) is 0 Å². The normalized spacial score (nSPS) is 22.5. The Hall–Kier alpha value is -2.96. The zero-order valence-electron chi connectivity index (χ0n) is 16.1. The van der Waals surface area contributed by atoms with Crippen LogP contribution in [0.25, 0.3) is 11.3 Å². The third-order valence-corrected chi connectivity index (χ3v) is 5.90. The average molecular weight is 379 g/mol. The Balaban J connectivity index is 1.62. The predicted molar refractivity (Wildman–Crippen MR) is 106 cm³/mol. The average Bonchev–Trinajstić information content (AvgIpc) is 2.71. The molecule has 2 fully saturated rings. The molecule has 1 aromatic heterocycles. The highest BCUT2D eigenvalue weighted by Crippen LogP contribution is 2.39. The highest BCUT2D eigenvalue weighted by atomic mass is 16.2. The van der Waals surface area contributed by atoms with Crippen LogP contribution in [0.3, 0.4) is 0 Å². The molecule has 0 bridgehead atoms. The minimum Gasteiger partial charge on any atom is -0.368 e. The smallest absolute Gasteiger partial charge is 0.257 e. The molecule has 0 aliphatic carbocycles. The number of hydrogen-bond acceptors (Lipinski definition) is 5. The number of benzene rings is 1. The molecule has 0 saturated carbocycles. The van der Waals surface area contributed by atoms with Gasteiger partial charge in [0.05, 0.1) is 11.3 Å². The fourth-order valence-electron chi connectivity index (χ4n) is 4.49. The van der Waals surface area contributed by atoms with E-state index in [-0.39, 0.29) is 23.2 Å². The molecule has 7 nitrogen and oxygen atoms in total. The maximum absolute atomic E-state index is 13.4. The second kappa shape index (κ2) is 7.22. The third-order valence-electron chi connectivity index (χ3n) is 5.90. The Labute approximate surface area is 164 Å². The fraction of sp³-hybridized carbons (Fsp3) is 0.429. The van der Waals surface area contributed by atoms with Gasteiger partial charge in [-0.1, -0.05) is 30.3 Å². The van der Waals surface area contributed by atoms with Gasteiger partial charge in [-0.25, -0.2) is 9.97 Å². The van der Waals surface area contributed by atoms with Gasteiger partial charge in [-0.2, -0.15) is 0 Å². The van der Waals surface area contributed by atoms with Gasteiger partial charge in [-0.3, -0.25) is 9.59 Å². The molecule has 1 aromatic carbocycles. The van der Waals surface area contributed by atoms with Crippen molar-refractivity contribution in [3.05, 3.63) is 42.1 Å². The van der Waals surface area contributed by atoms with Crippen LogP contribution in [0.15, 0.2) is 36.5 Å². The van der Waals surface area contributed by atoms with Crippen molar-refractivity contribution >= 4 is 17.8 Å². The van der Waals surface area contributed by atoms with Gasteiger partial charge in [-0.05, 0) is 19.3 Å². The minimum absolute atomic E-state index is 0.0157. The summed E-state index contributed by atoms with van der Waals surface area (Å²) in [5.41, 5.74) is 7.66. The Morgan fingerprint density at radius 2 is 1.96 bits per heavy atom. The Kier molecular flexibility index (Phi) is 4.75. The molecule has 2 N–H and O–H groups in total. The van der Waals surface area contributed by atoms with Crippen molar-refractivity contribution in [2.45, 2.75) is 25.7 Å². The molecule has 0 unspecified atom stereocenters. The van der Waals surface area contributed by atoms with E-state index in [2.05, 4.69) is 9.97 Å². The molecule has 2 aromatic rings. The number of carbonyl (C=O) groups is 2. The quantitative estimate of drug-likeness (QED) is 0.864. The summed E-state index contributed by atoms with van der Waals surface area (Å²) in [6.07, 6.45) is 4.90. The summed E-state index contributed by atoms with van der Waals surface area (Å²) in [6.45, 7) is 2.07. The van der Waals surface area contributed by atoms with Gasteiger partial charge in [0, 0.05) is 50.3 Å². The number of amides is 2. The summed E-state index contributed by atoms with van der Waals surface area (Å²) in [7, 11) is 1.85. The molecule has 146 valence electrons. The highest BCUT2D eigenvalue weighted by molar-refractivity contribution is 6.00. The highest BCUT2D eigenvalue weighted by Gasteiger charge is 2.42. The van der Waals surface area contributed by atoms with Crippen LogP contribution in [-0.2, 0) is 4.79 Å². The van der Waals surface area contributed by atoms with Crippen LogP contribution < -0.4 is 5.73 Å². The maximum Gasteiger partial charge on any atom is 0.257 e. The van der Waals surface area contributed by atoms with Crippen molar-refractivity contribution in [2.24, 2.45) is 5.41 Å². The molecule has 3 heterocycles. The Morgan fingerprint density at radius 3 is 2.71 bits per heavy atom. The van der Waals surface area contributed by atoms with E-state index in [0.29, 0.717) is 37.3 Å². The molecule has 0 radical (unpaired) electrons. The van der Waals surface area contributed by atoms with E-state index in [1.54, 1.807) is 4.90 Å². The molecule has 2 saturated heterocycles. The number of hydrogen-bond donors (Lipinski definition) is 1. The van der Waals surface area contributed by atoms with Crippen LogP contribution in [-0.4, -0.2) is 58.3 Å². The van der Waals surface area contributed by atoms with E-state index in [1.807, 2.05) is 42.3 Å². The molecule has 2 aliphatic rings. The number of nitrogens with zero attached hydrogens (tertiary/aromatic N) is 4. The van der Waals surface area contributed by atoms with Crippen molar-refractivity contribution in [1.29, 1.82) is 0 Å². The summed E-state index contributed by atoms with van der Waals surface area (Å²) in [6, 6.07) is 9.57. The molecule has 2 amide bonds. The molecule has 4 rings (SSSR count). The van der Waals surface area contributed by atoms with E-state index in [4.69, 9.17) is 5.73 Å². The van der Waals surface area contributed by atoms with Crippen LogP contribution in [0.4, 0.5) is 5.95 Å². The summed E-state index contributed by atoms with van der Waals surface area (Å²) in [4.78, 5) is 37.4. The molecule has 1 atom stereocenters. The monoisotopic (exact) mass is 379 g/mol. The lowest BCUT2D eigenvalue weighted by molar-refractivity contribution is -0.137. The number of rotatable bonds is 2. The van der Waals surface area contributed by atoms with Gasteiger partial charge in [0.1, 0.15) is 0 Å². The number of piperidine rings is 2. The van der Waals surface area contributed by atoms with Gasteiger partial charge < -0.3 is 15.5 Å². The van der Waals surface area contributed by atoms with Gasteiger partial charge in [0.15, 0.2) is 0 Å². The van der Waals surface area contributed by atoms with E-state index in [1.165, 1.54) is 6.20 Å². The lowest BCUT2D eigenvalue weighted by Gasteiger charge is -2.47. The summed E-state index contributed by atoms with van der Waals surface area (Å²) < 4.78 is 0. The number of aromatic nitrogens is 2. The lowest BCUT2D eigenvalue weighted by Crippen LogP contribution is -2.54.